The fourth-order valence-corrected chi connectivity index (χ4v) is 3.07. The molecule has 0 spiro atoms. The first-order chi connectivity index (χ1) is 10.2. The van der Waals surface area contributed by atoms with Crippen LogP contribution in [0.3, 0.4) is 0 Å². The van der Waals surface area contributed by atoms with E-state index in [2.05, 4.69) is 44.1 Å². The molecular weight excluding hydrogens is 346 g/mol. The van der Waals surface area contributed by atoms with E-state index in [0.29, 0.717) is 0 Å². The van der Waals surface area contributed by atoms with Crippen molar-refractivity contribution in [3.63, 3.8) is 0 Å². The van der Waals surface area contributed by atoms with Crippen LogP contribution in [-0.4, -0.2) is 35.8 Å². The number of pyridine rings is 1. The molecule has 1 aliphatic heterocycles. The molecule has 0 saturated carbocycles. The fraction of sp³-hybridized carbons (Fsp3) is 0.625. The van der Waals surface area contributed by atoms with Gasteiger partial charge in [-0.05, 0) is 68.1 Å². The van der Waals surface area contributed by atoms with Gasteiger partial charge in [-0.15, -0.1) is 0 Å². The molecule has 0 aliphatic carbocycles. The van der Waals surface area contributed by atoms with Gasteiger partial charge in [0.2, 0.25) is 0 Å². The molecule has 1 atom stereocenters. The molecule has 5 nitrogen and oxygen atoms in total. The molecular formula is C16H24BrN3O2. The predicted octanol–water partition coefficient (Wildman–Crippen LogP) is 3.65. The molecule has 6 heteroatoms. The molecule has 2 heterocycles. The summed E-state index contributed by atoms with van der Waals surface area (Å²) in [6.45, 7) is 9.38. The quantitative estimate of drug-likeness (QED) is 0.864. The summed E-state index contributed by atoms with van der Waals surface area (Å²) < 4.78 is 6.31. The second-order valence-electron chi connectivity index (χ2n) is 6.73. The minimum Gasteiger partial charge on any atom is -0.444 e. The lowest BCUT2D eigenvalue weighted by Gasteiger charge is -2.35. The number of hydrogen-bond acceptors (Lipinski definition) is 4. The smallest absolute Gasteiger partial charge is 0.407 e. The van der Waals surface area contributed by atoms with Crippen LogP contribution in [0.15, 0.2) is 16.7 Å². The first-order valence-electron chi connectivity index (χ1n) is 7.61. The van der Waals surface area contributed by atoms with Crippen LogP contribution < -0.4 is 10.2 Å². The van der Waals surface area contributed by atoms with E-state index in [9.17, 15) is 4.79 Å². The minimum atomic E-state index is -0.470. The Kier molecular flexibility index (Phi) is 5.32. The number of carbonyl (C=O) groups excluding carboxylic acids is 1. The first-order valence-corrected chi connectivity index (χ1v) is 8.40. The van der Waals surface area contributed by atoms with Crippen LogP contribution in [0, 0.1) is 6.92 Å². The number of hydrogen-bond donors (Lipinski definition) is 1. The maximum Gasteiger partial charge on any atom is 0.407 e. The van der Waals surface area contributed by atoms with E-state index < -0.39 is 5.60 Å². The standard InChI is InChI=1S/C16H24BrN3O2/c1-11-8-12(17)9-18-14(11)20-7-5-6-13(10-20)19-15(21)22-16(2,3)4/h8-9,13H,5-7,10H2,1-4H3,(H,19,21)/t13-/m1/s1. The lowest BCUT2D eigenvalue weighted by molar-refractivity contribution is 0.0500. The number of anilines is 1. The largest absolute Gasteiger partial charge is 0.444 e. The van der Waals surface area contributed by atoms with Gasteiger partial charge in [-0.2, -0.15) is 0 Å². The molecule has 1 aromatic heterocycles. The summed E-state index contributed by atoms with van der Waals surface area (Å²) in [5.41, 5.74) is 0.662. The second-order valence-corrected chi connectivity index (χ2v) is 7.64. The highest BCUT2D eigenvalue weighted by Gasteiger charge is 2.25. The summed E-state index contributed by atoms with van der Waals surface area (Å²) in [6.07, 6.45) is 3.45. The summed E-state index contributed by atoms with van der Waals surface area (Å²) in [5, 5.41) is 2.97. The molecule has 0 aromatic carbocycles. The van der Waals surface area contributed by atoms with Gasteiger partial charge in [-0.25, -0.2) is 9.78 Å². The van der Waals surface area contributed by atoms with Crippen molar-refractivity contribution in [2.45, 2.75) is 52.2 Å². The van der Waals surface area contributed by atoms with Gasteiger partial charge in [0.15, 0.2) is 0 Å². The molecule has 122 valence electrons. The Morgan fingerprint density at radius 3 is 2.86 bits per heavy atom. The van der Waals surface area contributed by atoms with Crippen molar-refractivity contribution in [1.29, 1.82) is 0 Å². The Morgan fingerprint density at radius 2 is 2.23 bits per heavy atom. The zero-order valence-corrected chi connectivity index (χ0v) is 15.2. The number of amides is 1. The topological polar surface area (TPSA) is 54.5 Å². The SMILES string of the molecule is Cc1cc(Br)cnc1N1CCC[C@@H](NC(=O)OC(C)(C)C)C1. The maximum absolute atomic E-state index is 11.9. The van der Waals surface area contributed by atoms with Gasteiger partial charge < -0.3 is 15.0 Å². The van der Waals surface area contributed by atoms with Crippen LogP contribution >= 0.6 is 15.9 Å². The second kappa shape index (κ2) is 6.86. The monoisotopic (exact) mass is 369 g/mol. The number of carbonyl (C=O) groups is 1. The van der Waals surface area contributed by atoms with E-state index in [-0.39, 0.29) is 12.1 Å². The van der Waals surface area contributed by atoms with Crippen molar-refractivity contribution in [3.8, 4) is 0 Å². The molecule has 22 heavy (non-hydrogen) atoms. The van der Waals surface area contributed by atoms with Crippen LogP contribution in [0.5, 0.6) is 0 Å². The first kappa shape index (κ1) is 17.1. The molecule has 1 aliphatic rings. The Hall–Kier alpha value is -1.30. The normalized spacial score (nSPS) is 19.0. The highest BCUT2D eigenvalue weighted by atomic mass is 79.9. The van der Waals surface area contributed by atoms with Crippen molar-refractivity contribution in [2.75, 3.05) is 18.0 Å². The lowest BCUT2D eigenvalue weighted by Crippen LogP contribution is -2.49. The maximum atomic E-state index is 11.9. The highest BCUT2D eigenvalue weighted by molar-refractivity contribution is 9.10. The minimum absolute atomic E-state index is 0.0912. The fourth-order valence-electron chi connectivity index (χ4n) is 2.63. The van der Waals surface area contributed by atoms with Crippen LogP contribution in [-0.2, 0) is 4.74 Å². The van der Waals surface area contributed by atoms with E-state index in [0.717, 1.165) is 41.8 Å². The molecule has 1 N–H and O–H groups in total. The van der Waals surface area contributed by atoms with Crippen LogP contribution in [0.2, 0.25) is 0 Å². The summed E-state index contributed by atoms with van der Waals surface area (Å²) >= 11 is 3.44. The van der Waals surface area contributed by atoms with Gasteiger partial charge in [0.25, 0.3) is 0 Å². The summed E-state index contributed by atoms with van der Waals surface area (Å²) in [6, 6.07) is 2.15. The van der Waals surface area contributed by atoms with Crippen LogP contribution in [0.1, 0.15) is 39.2 Å². The van der Waals surface area contributed by atoms with Crippen LogP contribution in [0.4, 0.5) is 10.6 Å². The van der Waals surface area contributed by atoms with E-state index in [1.54, 1.807) is 0 Å². The number of piperidine rings is 1. The number of nitrogens with one attached hydrogen (secondary N) is 1. The molecule has 1 fully saturated rings. The highest BCUT2D eigenvalue weighted by Crippen LogP contribution is 2.24. The molecule has 1 amide bonds. The van der Waals surface area contributed by atoms with E-state index in [4.69, 9.17) is 4.74 Å². The van der Waals surface area contributed by atoms with Crippen molar-refractivity contribution in [1.82, 2.24) is 10.3 Å². The third-order valence-electron chi connectivity index (χ3n) is 3.46. The molecule has 0 unspecified atom stereocenters. The number of alkyl carbamates (subject to hydrolysis) is 1. The summed E-state index contributed by atoms with van der Waals surface area (Å²) in [4.78, 5) is 18.6. The van der Waals surface area contributed by atoms with E-state index in [1.807, 2.05) is 27.0 Å². The van der Waals surface area contributed by atoms with Crippen molar-refractivity contribution in [2.24, 2.45) is 0 Å². The Balaban J connectivity index is 1.98. The molecule has 1 saturated heterocycles. The van der Waals surface area contributed by atoms with Crippen LogP contribution in [0.25, 0.3) is 0 Å². The molecule has 2 rings (SSSR count). The van der Waals surface area contributed by atoms with E-state index >= 15 is 0 Å². The number of rotatable bonds is 2. The van der Waals surface area contributed by atoms with Gasteiger partial charge in [0.05, 0.1) is 0 Å². The summed E-state index contributed by atoms with van der Waals surface area (Å²) in [7, 11) is 0. The number of ether oxygens (including phenoxy) is 1. The van der Waals surface area contributed by atoms with Gasteiger partial charge in [-0.3, -0.25) is 0 Å². The molecule has 0 radical (unpaired) electrons. The molecule has 1 aromatic rings. The number of nitrogens with zero attached hydrogens (tertiary/aromatic N) is 2. The van der Waals surface area contributed by atoms with Gasteiger partial charge in [0.1, 0.15) is 11.4 Å². The zero-order valence-electron chi connectivity index (χ0n) is 13.6. The summed E-state index contributed by atoms with van der Waals surface area (Å²) in [5.74, 6) is 0.985. The lowest BCUT2D eigenvalue weighted by atomic mass is 10.1. The predicted molar refractivity (Wildman–Crippen MR) is 91.3 cm³/mol. The van der Waals surface area contributed by atoms with E-state index in [1.165, 1.54) is 0 Å². The number of aromatic nitrogens is 1. The Labute approximate surface area is 140 Å². The average molecular weight is 370 g/mol. The molecule has 0 bridgehead atoms. The zero-order chi connectivity index (χ0) is 16.3. The average Bonchev–Trinajstić information content (AvgIpc) is 2.36. The number of aryl methyl sites for hydroxylation is 1. The number of halogens is 1. The van der Waals surface area contributed by atoms with Gasteiger partial charge in [0, 0.05) is 29.8 Å². The third-order valence-corrected chi connectivity index (χ3v) is 3.89. The van der Waals surface area contributed by atoms with Gasteiger partial charge in [-0.1, -0.05) is 0 Å². The van der Waals surface area contributed by atoms with Crippen molar-refractivity contribution < 1.29 is 9.53 Å². The third kappa shape index (κ3) is 4.87. The Bertz CT molecular complexity index is 543. The van der Waals surface area contributed by atoms with Gasteiger partial charge >= 0.3 is 6.09 Å². The van der Waals surface area contributed by atoms with Crippen molar-refractivity contribution in [3.05, 3.63) is 22.3 Å². The Morgan fingerprint density at radius 1 is 1.50 bits per heavy atom. The van der Waals surface area contributed by atoms with Crippen molar-refractivity contribution >= 4 is 27.8 Å².